The lowest BCUT2D eigenvalue weighted by Gasteiger charge is -2.08. The van der Waals surface area contributed by atoms with E-state index in [1.807, 2.05) is 60.7 Å². The van der Waals surface area contributed by atoms with Gasteiger partial charge in [-0.3, -0.25) is 0 Å². The first-order valence-electron chi connectivity index (χ1n) is 12.8. The fraction of sp³-hybridized carbons (Fsp3) is 0.0571. The average Bonchev–Trinajstić information content (AvgIpc) is 3.28. The van der Waals surface area contributed by atoms with Crippen LogP contribution in [0.15, 0.2) is 151 Å². The Morgan fingerprint density at radius 2 is 1.39 bits per heavy atom. The minimum absolute atomic E-state index is 0.506. The van der Waals surface area contributed by atoms with E-state index in [1.165, 1.54) is 38.6 Å². The molecule has 0 spiro atoms. The van der Waals surface area contributed by atoms with Gasteiger partial charge in [0.2, 0.25) is 0 Å². The van der Waals surface area contributed by atoms with Crippen LogP contribution in [0.5, 0.6) is 0 Å². The molecule has 3 heteroatoms. The lowest BCUT2D eigenvalue weighted by atomic mass is 10.1. The SMILES string of the molecule is Cc1ccc2c(c1)c1ccccc1n2-c1ccc(C/C=C/C=C/C=C\C=C/N=C(N)c2ccccc2)cc1. The van der Waals surface area contributed by atoms with Crippen LogP contribution >= 0.6 is 0 Å². The Labute approximate surface area is 224 Å². The quantitative estimate of drug-likeness (QED) is 0.132. The van der Waals surface area contributed by atoms with Gasteiger partial charge in [-0.15, -0.1) is 0 Å². The highest BCUT2D eigenvalue weighted by Crippen LogP contribution is 2.32. The van der Waals surface area contributed by atoms with Crippen LogP contribution in [0.3, 0.4) is 0 Å². The summed E-state index contributed by atoms with van der Waals surface area (Å²) in [5.41, 5.74) is 13.1. The van der Waals surface area contributed by atoms with E-state index in [0.29, 0.717) is 5.84 Å². The van der Waals surface area contributed by atoms with Crippen molar-refractivity contribution in [2.24, 2.45) is 10.7 Å². The van der Waals surface area contributed by atoms with Crippen LogP contribution in [0.4, 0.5) is 0 Å². The van der Waals surface area contributed by atoms with Crippen LogP contribution in [-0.4, -0.2) is 10.4 Å². The molecule has 0 aliphatic rings. The number of amidine groups is 1. The highest BCUT2D eigenvalue weighted by molar-refractivity contribution is 6.09. The van der Waals surface area contributed by atoms with Gasteiger partial charge in [-0.05, 0) is 55.3 Å². The smallest absolute Gasteiger partial charge is 0.130 e. The number of allylic oxidation sites excluding steroid dienone is 7. The van der Waals surface area contributed by atoms with Gasteiger partial charge >= 0.3 is 0 Å². The average molecular weight is 494 g/mol. The molecule has 0 fully saturated rings. The standard InChI is InChI=1S/C35H31N3/c1-27-19-24-34-32(26-27)31-17-11-12-18-33(31)38(34)30-22-20-28(21-23-30)14-8-5-3-2-4-6-13-25-37-35(36)29-15-9-7-10-16-29/h2-13,15-26H,14H2,1H3,(H2,36,37)/b3-2+,6-4-,8-5+,25-13-. The molecule has 3 nitrogen and oxygen atoms in total. The number of hydrogen-bond donors (Lipinski definition) is 1. The summed E-state index contributed by atoms with van der Waals surface area (Å²) in [5.74, 6) is 0.506. The molecule has 0 radical (unpaired) electrons. The molecular weight excluding hydrogens is 462 g/mol. The van der Waals surface area contributed by atoms with Gasteiger partial charge in [-0.2, -0.15) is 0 Å². The number of aryl methyl sites for hydroxylation is 1. The van der Waals surface area contributed by atoms with Gasteiger partial charge < -0.3 is 10.3 Å². The maximum Gasteiger partial charge on any atom is 0.130 e. The van der Waals surface area contributed by atoms with Crippen LogP contribution < -0.4 is 5.73 Å². The number of fused-ring (bicyclic) bond motifs is 3. The number of rotatable bonds is 8. The fourth-order valence-corrected chi connectivity index (χ4v) is 4.54. The van der Waals surface area contributed by atoms with Crippen molar-refractivity contribution in [1.29, 1.82) is 0 Å². The molecule has 0 amide bonds. The van der Waals surface area contributed by atoms with Crippen molar-refractivity contribution < 1.29 is 0 Å². The second kappa shape index (κ2) is 11.9. The first-order valence-corrected chi connectivity index (χ1v) is 12.8. The summed E-state index contributed by atoms with van der Waals surface area (Å²) in [6.07, 6.45) is 16.6. The maximum atomic E-state index is 5.97. The predicted octanol–water partition coefficient (Wildman–Crippen LogP) is 8.22. The van der Waals surface area contributed by atoms with Crippen molar-refractivity contribution in [3.63, 3.8) is 0 Å². The summed E-state index contributed by atoms with van der Waals surface area (Å²) < 4.78 is 2.36. The summed E-state index contributed by atoms with van der Waals surface area (Å²) in [6, 6.07) is 33.9. The van der Waals surface area contributed by atoms with E-state index < -0.39 is 0 Å². The number of hydrogen-bond acceptors (Lipinski definition) is 1. The third kappa shape index (κ3) is 5.74. The molecule has 4 aromatic carbocycles. The van der Waals surface area contributed by atoms with Gasteiger partial charge in [0.1, 0.15) is 5.84 Å². The Morgan fingerprint density at radius 1 is 0.711 bits per heavy atom. The molecular formula is C35H31N3. The molecule has 5 rings (SSSR count). The van der Waals surface area contributed by atoms with Crippen LogP contribution in [0.2, 0.25) is 0 Å². The summed E-state index contributed by atoms with van der Waals surface area (Å²) >= 11 is 0. The monoisotopic (exact) mass is 493 g/mol. The lowest BCUT2D eigenvalue weighted by Crippen LogP contribution is -2.12. The second-order valence-corrected chi connectivity index (χ2v) is 9.16. The van der Waals surface area contributed by atoms with Crippen molar-refractivity contribution >= 4 is 27.6 Å². The minimum Gasteiger partial charge on any atom is -0.383 e. The predicted molar refractivity (Wildman–Crippen MR) is 163 cm³/mol. The minimum atomic E-state index is 0.506. The van der Waals surface area contributed by atoms with Crippen molar-refractivity contribution in [2.45, 2.75) is 13.3 Å². The molecule has 0 saturated heterocycles. The number of aromatic nitrogens is 1. The van der Waals surface area contributed by atoms with E-state index in [4.69, 9.17) is 5.73 Å². The van der Waals surface area contributed by atoms with Crippen molar-refractivity contribution in [2.75, 3.05) is 0 Å². The fourth-order valence-electron chi connectivity index (χ4n) is 4.54. The van der Waals surface area contributed by atoms with Gasteiger partial charge in [-0.1, -0.05) is 109 Å². The molecule has 0 unspecified atom stereocenters. The maximum absolute atomic E-state index is 5.97. The third-order valence-corrected chi connectivity index (χ3v) is 6.44. The molecule has 0 saturated carbocycles. The first kappa shape index (κ1) is 24.8. The normalized spacial score (nSPS) is 12.8. The van der Waals surface area contributed by atoms with E-state index in [9.17, 15) is 0 Å². The molecule has 2 N–H and O–H groups in total. The van der Waals surface area contributed by atoms with Gasteiger partial charge in [0.05, 0.1) is 11.0 Å². The van der Waals surface area contributed by atoms with Gasteiger partial charge in [0.25, 0.3) is 0 Å². The number of benzene rings is 4. The zero-order chi connectivity index (χ0) is 26.2. The van der Waals surface area contributed by atoms with Crippen LogP contribution in [0.1, 0.15) is 16.7 Å². The summed E-state index contributed by atoms with van der Waals surface area (Å²) in [7, 11) is 0. The van der Waals surface area contributed by atoms with E-state index in [1.54, 1.807) is 6.20 Å². The van der Waals surface area contributed by atoms with Crippen molar-refractivity contribution in [1.82, 2.24) is 4.57 Å². The largest absolute Gasteiger partial charge is 0.383 e. The molecule has 5 aromatic rings. The Hall–Kier alpha value is -4.89. The number of nitrogens with two attached hydrogens (primary N) is 1. The topological polar surface area (TPSA) is 43.3 Å². The highest BCUT2D eigenvalue weighted by Gasteiger charge is 2.11. The van der Waals surface area contributed by atoms with Gasteiger partial charge in [-0.25, -0.2) is 4.99 Å². The Bertz CT molecular complexity index is 1680. The van der Waals surface area contributed by atoms with E-state index in [0.717, 1.165) is 12.0 Å². The van der Waals surface area contributed by atoms with Crippen LogP contribution in [0.25, 0.3) is 27.5 Å². The number of para-hydroxylation sites is 1. The molecule has 0 aliphatic carbocycles. The molecule has 1 heterocycles. The lowest BCUT2D eigenvalue weighted by molar-refractivity contribution is 1.16. The molecule has 186 valence electrons. The Balaban J connectivity index is 1.18. The molecule has 0 atom stereocenters. The summed E-state index contributed by atoms with van der Waals surface area (Å²) in [5, 5.41) is 2.59. The van der Waals surface area contributed by atoms with Crippen LogP contribution in [0, 0.1) is 6.92 Å². The van der Waals surface area contributed by atoms with E-state index in [-0.39, 0.29) is 0 Å². The molecule has 0 aliphatic heterocycles. The molecule has 38 heavy (non-hydrogen) atoms. The summed E-state index contributed by atoms with van der Waals surface area (Å²) in [4.78, 5) is 4.25. The molecule has 0 bridgehead atoms. The van der Waals surface area contributed by atoms with Crippen molar-refractivity contribution in [3.8, 4) is 5.69 Å². The Morgan fingerprint density at radius 3 is 2.21 bits per heavy atom. The Kier molecular flexibility index (Phi) is 7.76. The zero-order valence-corrected chi connectivity index (χ0v) is 21.5. The van der Waals surface area contributed by atoms with Crippen LogP contribution in [-0.2, 0) is 6.42 Å². The third-order valence-electron chi connectivity index (χ3n) is 6.44. The summed E-state index contributed by atoms with van der Waals surface area (Å²) in [6.45, 7) is 2.15. The van der Waals surface area contributed by atoms with Gasteiger partial charge in [0.15, 0.2) is 0 Å². The zero-order valence-electron chi connectivity index (χ0n) is 21.5. The highest BCUT2D eigenvalue weighted by atomic mass is 15.0. The number of aliphatic imine (C=N–C) groups is 1. The van der Waals surface area contributed by atoms with E-state index >= 15 is 0 Å². The van der Waals surface area contributed by atoms with E-state index in [2.05, 4.69) is 95.4 Å². The number of nitrogens with zero attached hydrogens (tertiary/aromatic N) is 2. The first-order chi connectivity index (χ1) is 18.7. The second-order valence-electron chi connectivity index (χ2n) is 9.16. The molecule has 1 aromatic heterocycles. The van der Waals surface area contributed by atoms with Gasteiger partial charge in [0, 0.05) is 28.2 Å². The van der Waals surface area contributed by atoms with Crippen molar-refractivity contribution in [3.05, 3.63) is 162 Å².